The number of hydrogen-bond donors (Lipinski definition) is 0. The molecule has 4 rings (SSSR count). The Morgan fingerprint density at radius 1 is 0.933 bits per heavy atom. The summed E-state index contributed by atoms with van der Waals surface area (Å²) in [6.07, 6.45) is 1.71. The topological polar surface area (TPSA) is 82.8 Å². The van der Waals surface area contributed by atoms with Gasteiger partial charge in [0.1, 0.15) is 22.8 Å². The summed E-state index contributed by atoms with van der Waals surface area (Å²) < 4.78 is 11.6. The fraction of sp³-hybridized carbons (Fsp3) is 0.130. The van der Waals surface area contributed by atoms with Gasteiger partial charge in [0, 0.05) is 5.56 Å². The summed E-state index contributed by atoms with van der Waals surface area (Å²) in [4.78, 5) is 29.6. The van der Waals surface area contributed by atoms with Gasteiger partial charge in [-0.3, -0.25) is 4.79 Å². The molecular weight excluding hydrogens is 382 g/mol. The third kappa shape index (κ3) is 3.41. The second kappa shape index (κ2) is 7.79. The van der Waals surface area contributed by atoms with Gasteiger partial charge in [-0.05, 0) is 31.2 Å². The molecule has 0 N–H and O–H groups in total. The molecule has 4 aromatic rings. The van der Waals surface area contributed by atoms with Gasteiger partial charge in [0.25, 0.3) is 0 Å². The van der Waals surface area contributed by atoms with Crippen LogP contribution in [0.15, 0.2) is 60.8 Å². The van der Waals surface area contributed by atoms with Crippen LogP contribution in [0.4, 0.5) is 0 Å². The van der Waals surface area contributed by atoms with Crippen LogP contribution in [-0.4, -0.2) is 40.6 Å². The lowest BCUT2D eigenvalue weighted by Crippen LogP contribution is -2.10. The Morgan fingerprint density at radius 3 is 2.37 bits per heavy atom. The number of methoxy groups -OCH3 is 2. The molecule has 0 saturated carbocycles. The molecule has 0 aliphatic carbocycles. The van der Waals surface area contributed by atoms with Crippen molar-refractivity contribution in [1.82, 2.24) is 14.6 Å². The Hall–Kier alpha value is -4.00. The molecule has 0 radical (unpaired) electrons. The number of carbonyl (C=O) groups is 2. The smallest absolute Gasteiger partial charge is 0.356 e. The number of esters is 1. The highest BCUT2D eigenvalue weighted by Crippen LogP contribution is 2.29. The molecule has 7 nitrogen and oxygen atoms in total. The van der Waals surface area contributed by atoms with Crippen LogP contribution in [-0.2, 0) is 4.74 Å². The molecule has 7 heteroatoms. The molecule has 3 aromatic heterocycles. The van der Waals surface area contributed by atoms with Gasteiger partial charge >= 0.3 is 5.97 Å². The van der Waals surface area contributed by atoms with E-state index in [9.17, 15) is 9.59 Å². The number of rotatable bonds is 5. The minimum absolute atomic E-state index is 0.0679. The van der Waals surface area contributed by atoms with Gasteiger partial charge in [-0.1, -0.05) is 35.9 Å². The molecule has 0 aliphatic rings. The fourth-order valence-electron chi connectivity index (χ4n) is 3.20. The van der Waals surface area contributed by atoms with Crippen molar-refractivity contribution in [3.8, 4) is 17.0 Å². The molecule has 0 spiro atoms. The number of ether oxygens (including phenoxy) is 2. The Morgan fingerprint density at radius 2 is 1.67 bits per heavy atom. The number of aryl methyl sites for hydroxylation is 1. The molecular formula is C23H19N3O4. The van der Waals surface area contributed by atoms with Crippen LogP contribution in [0.1, 0.15) is 32.1 Å². The summed E-state index contributed by atoms with van der Waals surface area (Å²) in [5.74, 6) is -0.324. The van der Waals surface area contributed by atoms with E-state index in [0.717, 1.165) is 11.1 Å². The average molecular weight is 401 g/mol. The van der Waals surface area contributed by atoms with Crippen molar-refractivity contribution in [1.29, 1.82) is 0 Å². The number of carbonyl (C=O) groups excluding carboxylic acids is 2. The zero-order valence-electron chi connectivity index (χ0n) is 16.7. The van der Waals surface area contributed by atoms with Gasteiger partial charge in [0.05, 0.1) is 31.5 Å². The summed E-state index contributed by atoms with van der Waals surface area (Å²) in [5.41, 5.74) is 3.65. The number of fused-ring (bicyclic) bond motifs is 1. The molecule has 1 aromatic carbocycles. The van der Waals surface area contributed by atoms with Crippen LogP contribution < -0.4 is 4.74 Å². The molecule has 30 heavy (non-hydrogen) atoms. The number of aromatic nitrogens is 3. The summed E-state index contributed by atoms with van der Waals surface area (Å²) in [6.45, 7) is 1.99. The summed E-state index contributed by atoms with van der Waals surface area (Å²) in [6, 6.07) is 16.0. The Kier molecular flexibility index (Phi) is 5.02. The maximum atomic E-state index is 13.5. The second-order valence-electron chi connectivity index (χ2n) is 6.72. The van der Waals surface area contributed by atoms with E-state index in [0.29, 0.717) is 22.5 Å². The largest absolute Gasteiger partial charge is 0.495 e. The van der Waals surface area contributed by atoms with Crippen molar-refractivity contribution >= 4 is 17.3 Å². The van der Waals surface area contributed by atoms with Gasteiger partial charge < -0.3 is 9.47 Å². The molecule has 0 unspecified atom stereocenters. The van der Waals surface area contributed by atoms with Gasteiger partial charge in [-0.15, -0.1) is 0 Å². The third-order valence-electron chi connectivity index (χ3n) is 4.77. The van der Waals surface area contributed by atoms with Gasteiger partial charge in [0.2, 0.25) is 5.78 Å². The van der Waals surface area contributed by atoms with Crippen LogP contribution in [0.3, 0.4) is 0 Å². The lowest BCUT2D eigenvalue weighted by Gasteiger charge is -2.05. The minimum Gasteiger partial charge on any atom is -0.495 e. The second-order valence-corrected chi connectivity index (χ2v) is 6.72. The van der Waals surface area contributed by atoms with Crippen LogP contribution in [0.5, 0.6) is 5.75 Å². The van der Waals surface area contributed by atoms with Crippen molar-refractivity contribution in [2.24, 2.45) is 0 Å². The maximum absolute atomic E-state index is 13.5. The SMILES string of the molecule is COC(=O)c1cccc(C(=O)c2c(-c3ccc(C)cc3)nn3cc(OC)ccc23)n1. The molecule has 0 atom stereocenters. The van der Waals surface area contributed by atoms with E-state index in [4.69, 9.17) is 9.47 Å². The predicted molar refractivity (Wildman–Crippen MR) is 111 cm³/mol. The van der Waals surface area contributed by atoms with E-state index < -0.39 is 5.97 Å². The molecule has 0 bridgehead atoms. The first-order chi connectivity index (χ1) is 14.5. The first-order valence-electron chi connectivity index (χ1n) is 9.25. The van der Waals surface area contributed by atoms with E-state index in [1.807, 2.05) is 31.2 Å². The van der Waals surface area contributed by atoms with Crippen LogP contribution in [0.25, 0.3) is 16.8 Å². The Labute approximate surface area is 172 Å². The van der Waals surface area contributed by atoms with E-state index in [1.165, 1.54) is 13.2 Å². The average Bonchev–Trinajstić information content (AvgIpc) is 3.17. The van der Waals surface area contributed by atoms with Crippen molar-refractivity contribution in [3.63, 3.8) is 0 Å². The predicted octanol–water partition coefficient (Wildman–Crippen LogP) is 3.73. The Bertz CT molecular complexity index is 1260. The van der Waals surface area contributed by atoms with Crippen molar-refractivity contribution in [3.05, 3.63) is 83.3 Å². The standard InChI is InChI=1S/C23H19N3O4/c1-14-7-9-15(10-8-14)21-20(19-12-11-16(29-2)13-26(19)25-21)22(27)17-5-4-6-18(24-17)23(28)30-3/h4-13H,1-3H3. The third-order valence-corrected chi connectivity index (χ3v) is 4.77. The fourth-order valence-corrected chi connectivity index (χ4v) is 3.20. The molecule has 0 amide bonds. The zero-order chi connectivity index (χ0) is 21.3. The van der Waals surface area contributed by atoms with Crippen molar-refractivity contribution in [2.75, 3.05) is 14.2 Å². The van der Waals surface area contributed by atoms with Gasteiger partial charge in [-0.25, -0.2) is 14.3 Å². The summed E-state index contributed by atoms with van der Waals surface area (Å²) in [5, 5.41) is 4.64. The van der Waals surface area contributed by atoms with E-state index >= 15 is 0 Å². The first-order valence-corrected chi connectivity index (χ1v) is 9.25. The van der Waals surface area contributed by atoms with Gasteiger partial charge in [-0.2, -0.15) is 5.10 Å². The van der Waals surface area contributed by atoms with E-state index in [1.54, 1.807) is 42.1 Å². The normalized spacial score (nSPS) is 10.8. The summed E-state index contributed by atoms with van der Waals surface area (Å²) >= 11 is 0. The number of ketones is 1. The van der Waals surface area contributed by atoms with Gasteiger partial charge in [0.15, 0.2) is 0 Å². The number of pyridine rings is 2. The first kappa shape index (κ1) is 19.3. The number of hydrogen-bond acceptors (Lipinski definition) is 6. The van der Waals surface area contributed by atoms with E-state index in [-0.39, 0.29) is 17.2 Å². The Balaban J connectivity index is 1.92. The van der Waals surface area contributed by atoms with Crippen LogP contribution in [0, 0.1) is 6.92 Å². The number of benzene rings is 1. The summed E-state index contributed by atoms with van der Waals surface area (Å²) in [7, 11) is 2.84. The lowest BCUT2D eigenvalue weighted by molar-refractivity contribution is 0.0594. The quantitative estimate of drug-likeness (QED) is 0.374. The molecule has 0 fully saturated rings. The van der Waals surface area contributed by atoms with E-state index in [2.05, 4.69) is 10.1 Å². The highest BCUT2D eigenvalue weighted by Gasteiger charge is 2.24. The van der Waals surface area contributed by atoms with Crippen molar-refractivity contribution < 1.29 is 19.1 Å². The number of nitrogens with zero attached hydrogens (tertiary/aromatic N) is 3. The highest BCUT2D eigenvalue weighted by molar-refractivity contribution is 6.16. The lowest BCUT2D eigenvalue weighted by atomic mass is 10.00. The maximum Gasteiger partial charge on any atom is 0.356 e. The zero-order valence-corrected chi connectivity index (χ0v) is 16.7. The molecule has 3 heterocycles. The molecule has 0 saturated heterocycles. The highest BCUT2D eigenvalue weighted by atomic mass is 16.5. The van der Waals surface area contributed by atoms with Crippen LogP contribution in [0.2, 0.25) is 0 Å². The van der Waals surface area contributed by atoms with Crippen LogP contribution >= 0.6 is 0 Å². The van der Waals surface area contributed by atoms with Crippen molar-refractivity contribution in [2.45, 2.75) is 6.92 Å². The minimum atomic E-state index is -0.604. The molecule has 150 valence electrons. The monoisotopic (exact) mass is 401 g/mol. The molecule has 0 aliphatic heterocycles.